The number of benzene rings is 1. The van der Waals surface area contributed by atoms with Gasteiger partial charge in [0.05, 0.1) is 17.5 Å². The average Bonchev–Trinajstić information content (AvgIpc) is 2.82. The number of alkyl halides is 2. The van der Waals surface area contributed by atoms with Crippen LogP contribution in [0, 0.1) is 11.8 Å². The van der Waals surface area contributed by atoms with Crippen LogP contribution >= 0.6 is 0 Å². The second-order valence-corrected chi connectivity index (χ2v) is 6.18. The standard InChI is InChI=1S/C17H18F2N2O4/c18-17(19)25-13-8-4-3-7-12(13)20-14(22)9-21-15(23)10-5-1-2-6-11(10)16(21)24/h3-4,7-8,10-11,17H,1-2,5-6,9H2,(H,20,22)/t10-,11+. The van der Waals surface area contributed by atoms with Crippen LogP contribution in [-0.4, -0.2) is 35.8 Å². The lowest BCUT2D eigenvalue weighted by atomic mass is 9.81. The van der Waals surface area contributed by atoms with Gasteiger partial charge in [-0.15, -0.1) is 0 Å². The molecule has 1 aromatic rings. The Labute approximate surface area is 143 Å². The van der Waals surface area contributed by atoms with Gasteiger partial charge in [0, 0.05) is 0 Å². The van der Waals surface area contributed by atoms with Crippen LogP contribution in [0.3, 0.4) is 0 Å². The molecular weight excluding hydrogens is 334 g/mol. The lowest BCUT2D eigenvalue weighted by Crippen LogP contribution is -2.38. The fraction of sp³-hybridized carbons (Fsp3) is 0.471. The number of rotatable bonds is 5. The van der Waals surface area contributed by atoms with E-state index >= 15 is 0 Å². The molecule has 2 aliphatic rings. The zero-order valence-corrected chi connectivity index (χ0v) is 13.4. The largest absolute Gasteiger partial charge is 0.433 e. The van der Waals surface area contributed by atoms with Gasteiger partial charge in [0.2, 0.25) is 17.7 Å². The molecule has 1 saturated carbocycles. The van der Waals surface area contributed by atoms with Crippen molar-refractivity contribution in [3.8, 4) is 5.75 Å². The van der Waals surface area contributed by atoms with Crippen molar-refractivity contribution < 1.29 is 27.9 Å². The van der Waals surface area contributed by atoms with E-state index < -0.39 is 19.1 Å². The summed E-state index contributed by atoms with van der Waals surface area (Å²) >= 11 is 0. The molecule has 1 aliphatic heterocycles. The van der Waals surface area contributed by atoms with Gasteiger partial charge in [-0.2, -0.15) is 8.78 Å². The number of likely N-dealkylation sites (tertiary alicyclic amines) is 1. The van der Waals surface area contributed by atoms with Gasteiger partial charge in [-0.05, 0) is 25.0 Å². The minimum Gasteiger partial charge on any atom is -0.433 e. The fourth-order valence-electron chi connectivity index (χ4n) is 3.49. The smallest absolute Gasteiger partial charge is 0.387 e. The van der Waals surface area contributed by atoms with Crippen LogP contribution in [0.4, 0.5) is 14.5 Å². The van der Waals surface area contributed by atoms with E-state index in [2.05, 4.69) is 10.1 Å². The molecule has 2 fully saturated rings. The highest BCUT2D eigenvalue weighted by Crippen LogP contribution is 2.38. The van der Waals surface area contributed by atoms with Gasteiger partial charge in [0.25, 0.3) is 0 Å². The molecule has 1 N–H and O–H groups in total. The maximum Gasteiger partial charge on any atom is 0.387 e. The van der Waals surface area contributed by atoms with E-state index in [9.17, 15) is 23.2 Å². The number of anilines is 1. The Morgan fingerprint density at radius 3 is 2.36 bits per heavy atom. The van der Waals surface area contributed by atoms with Gasteiger partial charge in [0.15, 0.2) is 0 Å². The normalized spacial score (nSPS) is 22.9. The van der Waals surface area contributed by atoms with Crippen LogP contribution in [0.2, 0.25) is 0 Å². The van der Waals surface area contributed by atoms with Crippen LogP contribution in [0.25, 0.3) is 0 Å². The number of hydrogen-bond acceptors (Lipinski definition) is 4. The van der Waals surface area contributed by atoms with Gasteiger partial charge >= 0.3 is 6.61 Å². The minimum absolute atomic E-state index is 0.0595. The summed E-state index contributed by atoms with van der Waals surface area (Å²) in [5, 5.41) is 2.42. The van der Waals surface area contributed by atoms with E-state index in [0.29, 0.717) is 12.8 Å². The van der Waals surface area contributed by atoms with Crippen molar-refractivity contribution in [3.63, 3.8) is 0 Å². The van der Waals surface area contributed by atoms with Crippen molar-refractivity contribution in [2.45, 2.75) is 32.3 Å². The number of carbonyl (C=O) groups is 3. The Balaban J connectivity index is 1.67. The molecule has 0 unspecified atom stereocenters. The summed E-state index contributed by atoms with van der Waals surface area (Å²) in [5.41, 5.74) is 0.0595. The SMILES string of the molecule is O=C(CN1C(=O)[C@H]2CCCC[C@H]2C1=O)Nc1ccccc1OC(F)F. The summed E-state index contributed by atoms with van der Waals surface area (Å²) in [4.78, 5) is 37.9. The third kappa shape index (κ3) is 3.62. The van der Waals surface area contributed by atoms with Crippen molar-refractivity contribution in [1.82, 2.24) is 4.90 Å². The number of carbonyl (C=O) groups excluding carboxylic acids is 3. The molecule has 3 rings (SSSR count). The Bertz CT molecular complexity index is 671. The number of nitrogens with zero attached hydrogens (tertiary/aromatic N) is 1. The molecule has 0 bridgehead atoms. The number of imide groups is 1. The molecule has 1 saturated heterocycles. The molecule has 134 valence electrons. The zero-order valence-electron chi connectivity index (χ0n) is 13.4. The van der Waals surface area contributed by atoms with Gasteiger partial charge < -0.3 is 10.1 Å². The van der Waals surface area contributed by atoms with E-state index in [0.717, 1.165) is 17.7 Å². The average molecular weight is 352 g/mol. The maximum absolute atomic E-state index is 12.4. The van der Waals surface area contributed by atoms with Gasteiger partial charge in [-0.3, -0.25) is 19.3 Å². The first-order valence-electron chi connectivity index (χ1n) is 8.16. The van der Waals surface area contributed by atoms with Crippen LogP contribution in [-0.2, 0) is 14.4 Å². The molecule has 1 aliphatic carbocycles. The highest BCUT2D eigenvalue weighted by atomic mass is 19.3. The van der Waals surface area contributed by atoms with Crippen LogP contribution < -0.4 is 10.1 Å². The van der Waals surface area contributed by atoms with Crippen molar-refractivity contribution >= 4 is 23.4 Å². The van der Waals surface area contributed by atoms with E-state index in [-0.39, 0.29) is 35.1 Å². The Kier molecular flexibility index (Phi) is 4.96. The maximum atomic E-state index is 12.4. The second-order valence-electron chi connectivity index (χ2n) is 6.18. The van der Waals surface area contributed by atoms with Crippen molar-refractivity contribution in [2.24, 2.45) is 11.8 Å². The van der Waals surface area contributed by atoms with Gasteiger partial charge in [-0.25, -0.2) is 0 Å². The van der Waals surface area contributed by atoms with Crippen LogP contribution in [0.1, 0.15) is 25.7 Å². The summed E-state index contributed by atoms with van der Waals surface area (Å²) in [6.07, 6.45) is 3.13. The van der Waals surface area contributed by atoms with E-state index in [1.54, 1.807) is 6.07 Å². The number of para-hydroxylation sites is 2. The highest BCUT2D eigenvalue weighted by Gasteiger charge is 2.48. The quantitative estimate of drug-likeness (QED) is 0.826. The number of amides is 3. The first-order chi connectivity index (χ1) is 12.0. The van der Waals surface area contributed by atoms with Crippen molar-refractivity contribution in [1.29, 1.82) is 0 Å². The lowest BCUT2D eigenvalue weighted by Gasteiger charge is -2.19. The number of hydrogen-bond donors (Lipinski definition) is 1. The van der Waals surface area contributed by atoms with Crippen molar-refractivity contribution in [3.05, 3.63) is 24.3 Å². The number of ether oxygens (including phenoxy) is 1. The lowest BCUT2D eigenvalue weighted by molar-refractivity contribution is -0.142. The predicted molar refractivity (Wildman–Crippen MR) is 83.9 cm³/mol. The molecule has 3 amide bonds. The highest BCUT2D eigenvalue weighted by molar-refractivity contribution is 6.08. The summed E-state index contributed by atoms with van der Waals surface area (Å²) in [6, 6.07) is 5.74. The molecule has 0 spiro atoms. The predicted octanol–water partition coefficient (Wildman–Crippen LogP) is 2.40. The van der Waals surface area contributed by atoms with E-state index in [1.165, 1.54) is 18.2 Å². The molecule has 2 atom stereocenters. The summed E-state index contributed by atoms with van der Waals surface area (Å²) in [7, 11) is 0. The van der Waals surface area contributed by atoms with Gasteiger partial charge in [0.1, 0.15) is 12.3 Å². The topological polar surface area (TPSA) is 75.7 Å². The number of halogens is 2. The van der Waals surface area contributed by atoms with Crippen molar-refractivity contribution in [2.75, 3.05) is 11.9 Å². The minimum atomic E-state index is -3.03. The van der Waals surface area contributed by atoms with E-state index in [4.69, 9.17) is 0 Å². The molecule has 6 nitrogen and oxygen atoms in total. The molecule has 1 aromatic carbocycles. The molecule has 0 radical (unpaired) electrons. The third-order valence-corrected chi connectivity index (χ3v) is 4.61. The Morgan fingerprint density at radius 2 is 1.76 bits per heavy atom. The molecule has 8 heteroatoms. The fourth-order valence-corrected chi connectivity index (χ4v) is 3.49. The molecular formula is C17H18F2N2O4. The first kappa shape index (κ1) is 17.3. The Morgan fingerprint density at radius 1 is 1.16 bits per heavy atom. The summed E-state index contributed by atoms with van der Waals surface area (Å²) < 4.78 is 29.2. The zero-order chi connectivity index (χ0) is 18.0. The van der Waals surface area contributed by atoms with Gasteiger partial charge in [-0.1, -0.05) is 25.0 Å². The van der Waals surface area contributed by atoms with Crippen LogP contribution in [0.15, 0.2) is 24.3 Å². The second kappa shape index (κ2) is 7.16. The summed E-state index contributed by atoms with van der Waals surface area (Å²) in [6.45, 7) is -3.45. The van der Waals surface area contributed by atoms with Crippen LogP contribution in [0.5, 0.6) is 5.75 Å². The number of fused-ring (bicyclic) bond motifs is 1. The molecule has 0 aromatic heterocycles. The monoisotopic (exact) mass is 352 g/mol. The van der Waals surface area contributed by atoms with E-state index in [1.807, 2.05) is 0 Å². The number of nitrogens with one attached hydrogen (secondary N) is 1. The summed E-state index contributed by atoms with van der Waals surface area (Å²) in [5.74, 6) is -2.11. The first-order valence-corrected chi connectivity index (χ1v) is 8.16. The Hall–Kier alpha value is -2.51. The third-order valence-electron chi connectivity index (χ3n) is 4.61. The molecule has 25 heavy (non-hydrogen) atoms. The molecule has 1 heterocycles.